The van der Waals surface area contributed by atoms with E-state index in [2.05, 4.69) is 5.32 Å². The number of hydrogen-bond acceptors (Lipinski definition) is 3. The fraction of sp³-hybridized carbons (Fsp3) is 0.417. The summed E-state index contributed by atoms with van der Waals surface area (Å²) in [5, 5.41) is 2.80. The van der Waals surface area contributed by atoms with E-state index in [1.165, 1.54) is 0 Å². The number of para-hydroxylation sites is 2. The van der Waals surface area contributed by atoms with Crippen LogP contribution >= 0.6 is 0 Å². The van der Waals surface area contributed by atoms with Crippen LogP contribution in [0, 0.1) is 5.92 Å². The lowest BCUT2D eigenvalue weighted by Gasteiger charge is -2.16. The molecule has 0 radical (unpaired) electrons. The third-order valence-electron chi connectivity index (χ3n) is 2.57. The predicted molar refractivity (Wildman–Crippen MR) is 64.4 cm³/mol. The van der Waals surface area contributed by atoms with Crippen LogP contribution in [0.5, 0.6) is 5.75 Å². The highest BCUT2D eigenvalue weighted by molar-refractivity contribution is 5.94. The summed E-state index contributed by atoms with van der Waals surface area (Å²) < 4.78 is 5.14. The number of benzene rings is 1. The van der Waals surface area contributed by atoms with Crippen molar-refractivity contribution in [2.45, 2.75) is 19.9 Å². The Morgan fingerprint density at radius 1 is 1.38 bits per heavy atom. The number of anilines is 1. The molecular weight excluding hydrogens is 204 g/mol. The van der Waals surface area contributed by atoms with Gasteiger partial charge in [-0.1, -0.05) is 19.1 Å². The molecule has 1 aromatic rings. The molecule has 88 valence electrons. The van der Waals surface area contributed by atoms with Crippen molar-refractivity contribution >= 4 is 11.6 Å². The van der Waals surface area contributed by atoms with Crippen molar-refractivity contribution in [2.75, 3.05) is 12.4 Å². The lowest BCUT2D eigenvalue weighted by molar-refractivity contribution is -0.119. The first-order valence-electron chi connectivity index (χ1n) is 5.25. The number of carbonyl (C=O) groups excluding carboxylic acids is 1. The van der Waals surface area contributed by atoms with Crippen molar-refractivity contribution in [3.63, 3.8) is 0 Å². The van der Waals surface area contributed by atoms with Crippen molar-refractivity contribution < 1.29 is 9.53 Å². The van der Waals surface area contributed by atoms with Gasteiger partial charge in [-0.05, 0) is 19.1 Å². The standard InChI is InChI=1S/C12H18N2O2/c1-8(9(2)13)12(15)14-10-6-4-5-7-11(10)16-3/h4-9H,13H2,1-3H3,(H,14,15). The molecule has 4 nitrogen and oxygen atoms in total. The van der Waals surface area contributed by atoms with Crippen molar-refractivity contribution in [2.24, 2.45) is 11.7 Å². The number of amides is 1. The molecule has 0 aliphatic heterocycles. The summed E-state index contributed by atoms with van der Waals surface area (Å²) in [6.07, 6.45) is 0. The van der Waals surface area contributed by atoms with Crippen LogP contribution in [0.1, 0.15) is 13.8 Å². The molecule has 1 amide bonds. The van der Waals surface area contributed by atoms with Gasteiger partial charge in [-0.3, -0.25) is 4.79 Å². The zero-order chi connectivity index (χ0) is 12.1. The van der Waals surface area contributed by atoms with Crippen LogP contribution in [0.3, 0.4) is 0 Å². The van der Waals surface area contributed by atoms with Gasteiger partial charge in [0, 0.05) is 6.04 Å². The number of ether oxygens (including phenoxy) is 1. The first-order valence-corrected chi connectivity index (χ1v) is 5.25. The van der Waals surface area contributed by atoms with Gasteiger partial charge >= 0.3 is 0 Å². The molecular formula is C12H18N2O2. The zero-order valence-electron chi connectivity index (χ0n) is 9.86. The van der Waals surface area contributed by atoms with E-state index in [1.54, 1.807) is 26.2 Å². The summed E-state index contributed by atoms with van der Waals surface area (Å²) in [5.74, 6) is 0.317. The second-order valence-corrected chi connectivity index (χ2v) is 3.84. The molecule has 2 atom stereocenters. The highest BCUT2D eigenvalue weighted by Crippen LogP contribution is 2.23. The molecule has 0 bridgehead atoms. The van der Waals surface area contributed by atoms with Gasteiger partial charge in [-0.15, -0.1) is 0 Å². The van der Waals surface area contributed by atoms with Gasteiger partial charge in [0.25, 0.3) is 0 Å². The molecule has 0 fully saturated rings. The number of nitrogens with one attached hydrogen (secondary N) is 1. The van der Waals surface area contributed by atoms with Crippen LogP contribution < -0.4 is 15.8 Å². The smallest absolute Gasteiger partial charge is 0.228 e. The molecule has 2 unspecified atom stereocenters. The lowest BCUT2D eigenvalue weighted by Crippen LogP contribution is -2.34. The average molecular weight is 222 g/mol. The monoisotopic (exact) mass is 222 g/mol. The Balaban J connectivity index is 2.76. The summed E-state index contributed by atoms with van der Waals surface area (Å²) in [5.41, 5.74) is 6.34. The summed E-state index contributed by atoms with van der Waals surface area (Å²) in [4.78, 5) is 11.8. The molecule has 3 N–H and O–H groups in total. The lowest BCUT2D eigenvalue weighted by atomic mass is 10.0. The largest absolute Gasteiger partial charge is 0.495 e. The van der Waals surface area contributed by atoms with Crippen LogP contribution in [0.15, 0.2) is 24.3 Å². The SMILES string of the molecule is COc1ccccc1NC(=O)C(C)C(C)N. The van der Waals surface area contributed by atoms with E-state index in [1.807, 2.05) is 19.1 Å². The third-order valence-corrected chi connectivity index (χ3v) is 2.57. The van der Waals surface area contributed by atoms with Gasteiger partial charge in [0.15, 0.2) is 0 Å². The molecule has 1 rings (SSSR count). The summed E-state index contributed by atoms with van der Waals surface area (Å²) in [6, 6.07) is 7.12. The minimum absolute atomic E-state index is 0.0977. The normalized spacial score (nSPS) is 14.0. The third kappa shape index (κ3) is 2.97. The molecule has 0 heterocycles. The van der Waals surface area contributed by atoms with E-state index in [9.17, 15) is 4.79 Å². The van der Waals surface area contributed by atoms with Crippen molar-refractivity contribution in [1.29, 1.82) is 0 Å². The minimum Gasteiger partial charge on any atom is -0.495 e. The van der Waals surface area contributed by atoms with Gasteiger partial charge in [0.2, 0.25) is 5.91 Å². The number of methoxy groups -OCH3 is 1. The Morgan fingerprint density at radius 2 is 2.00 bits per heavy atom. The van der Waals surface area contributed by atoms with E-state index >= 15 is 0 Å². The highest BCUT2D eigenvalue weighted by atomic mass is 16.5. The maximum absolute atomic E-state index is 11.8. The Hall–Kier alpha value is -1.55. The van der Waals surface area contributed by atoms with Crippen LogP contribution in [-0.4, -0.2) is 19.1 Å². The molecule has 0 saturated carbocycles. The van der Waals surface area contributed by atoms with Crippen LogP contribution in [0.4, 0.5) is 5.69 Å². The highest BCUT2D eigenvalue weighted by Gasteiger charge is 2.17. The van der Waals surface area contributed by atoms with E-state index in [0.29, 0.717) is 11.4 Å². The zero-order valence-corrected chi connectivity index (χ0v) is 9.86. The summed E-state index contributed by atoms with van der Waals surface area (Å²) in [6.45, 7) is 3.61. The fourth-order valence-electron chi connectivity index (χ4n) is 1.23. The average Bonchev–Trinajstić information content (AvgIpc) is 2.28. The Kier molecular flexibility index (Phi) is 4.31. The Morgan fingerprint density at radius 3 is 2.56 bits per heavy atom. The Bertz CT molecular complexity index is 364. The van der Waals surface area contributed by atoms with Crippen molar-refractivity contribution in [3.05, 3.63) is 24.3 Å². The molecule has 0 aromatic heterocycles. The number of carbonyl (C=O) groups is 1. The molecule has 0 aliphatic carbocycles. The molecule has 4 heteroatoms. The van der Waals surface area contributed by atoms with E-state index in [4.69, 9.17) is 10.5 Å². The molecule has 0 aliphatic rings. The van der Waals surface area contributed by atoms with Crippen molar-refractivity contribution in [3.8, 4) is 5.75 Å². The van der Waals surface area contributed by atoms with E-state index < -0.39 is 0 Å². The molecule has 0 spiro atoms. The topological polar surface area (TPSA) is 64.3 Å². The number of nitrogens with two attached hydrogens (primary N) is 1. The Labute approximate surface area is 95.8 Å². The quantitative estimate of drug-likeness (QED) is 0.813. The first kappa shape index (κ1) is 12.5. The van der Waals surface area contributed by atoms with Crippen molar-refractivity contribution in [1.82, 2.24) is 0 Å². The predicted octanol–water partition coefficient (Wildman–Crippen LogP) is 1.62. The maximum atomic E-state index is 11.8. The number of hydrogen-bond donors (Lipinski definition) is 2. The summed E-state index contributed by atoms with van der Waals surface area (Å²) >= 11 is 0. The fourth-order valence-corrected chi connectivity index (χ4v) is 1.23. The van der Waals surface area contributed by atoms with Crippen LogP contribution in [0.2, 0.25) is 0 Å². The molecule has 0 saturated heterocycles. The minimum atomic E-state index is -0.232. The van der Waals surface area contributed by atoms with Gasteiger partial charge in [0.1, 0.15) is 5.75 Å². The molecule has 16 heavy (non-hydrogen) atoms. The number of rotatable bonds is 4. The van der Waals surface area contributed by atoms with Crippen LogP contribution in [0.25, 0.3) is 0 Å². The summed E-state index contributed by atoms with van der Waals surface area (Å²) in [7, 11) is 1.57. The van der Waals surface area contributed by atoms with Gasteiger partial charge in [-0.25, -0.2) is 0 Å². The van der Waals surface area contributed by atoms with Crippen LogP contribution in [-0.2, 0) is 4.79 Å². The molecule has 1 aromatic carbocycles. The van der Waals surface area contributed by atoms with Gasteiger partial charge in [0.05, 0.1) is 18.7 Å². The maximum Gasteiger partial charge on any atom is 0.228 e. The second kappa shape index (κ2) is 5.51. The van der Waals surface area contributed by atoms with E-state index in [0.717, 1.165) is 0 Å². The van der Waals surface area contributed by atoms with Gasteiger partial charge in [-0.2, -0.15) is 0 Å². The second-order valence-electron chi connectivity index (χ2n) is 3.84. The first-order chi connectivity index (χ1) is 7.56. The van der Waals surface area contributed by atoms with E-state index in [-0.39, 0.29) is 17.9 Å². The van der Waals surface area contributed by atoms with Gasteiger partial charge < -0.3 is 15.8 Å².